The molecule has 152 valence electrons. The van der Waals surface area contributed by atoms with Crippen LogP contribution in [0.3, 0.4) is 0 Å². The SMILES string of the molecule is COC(=O)c1ccccc1NC(=O)COC(=O)C=Cc1ccc(OC)c(OC)c1. The Morgan fingerprint density at radius 2 is 1.69 bits per heavy atom. The number of carbonyl (C=O) groups excluding carboxylic acids is 3. The number of amides is 1. The topological polar surface area (TPSA) is 100 Å². The number of esters is 2. The molecule has 8 nitrogen and oxygen atoms in total. The molecule has 0 aliphatic rings. The Morgan fingerprint density at radius 3 is 2.38 bits per heavy atom. The minimum Gasteiger partial charge on any atom is -0.493 e. The molecule has 2 rings (SSSR count). The van der Waals surface area contributed by atoms with Gasteiger partial charge in [0, 0.05) is 6.08 Å². The molecular weight excluding hydrogens is 378 g/mol. The maximum atomic E-state index is 12.0. The van der Waals surface area contributed by atoms with E-state index in [-0.39, 0.29) is 11.3 Å². The molecule has 0 unspecified atom stereocenters. The first kappa shape index (κ1) is 21.5. The van der Waals surface area contributed by atoms with Gasteiger partial charge in [0.05, 0.1) is 32.6 Å². The molecule has 2 aromatic rings. The monoisotopic (exact) mass is 399 g/mol. The van der Waals surface area contributed by atoms with Crippen molar-refractivity contribution in [3.8, 4) is 11.5 Å². The molecule has 1 amide bonds. The smallest absolute Gasteiger partial charge is 0.339 e. The molecular formula is C21H21NO7. The Balaban J connectivity index is 1.92. The first-order valence-electron chi connectivity index (χ1n) is 8.52. The van der Waals surface area contributed by atoms with Crippen LogP contribution in [0.25, 0.3) is 6.08 Å². The van der Waals surface area contributed by atoms with Gasteiger partial charge in [-0.2, -0.15) is 0 Å². The maximum absolute atomic E-state index is 12.0. The van der Waals surface area contributed by atoms with Gasteiger partial charge in [0.15, 0.2) is 18.1 Å². The summed E-state index contributed by atoms with van der Waals surface area (Å²) < 4.78 is 19.9. The zero-order chi connectivity index (χ0) is 21.2. The number of hydrogen-bond acceptors (Lipinski definition) is 7. The van der Waals surface area contributed by atoms with Gasteiger partial charge < -0.3 is 24.3 Å². The van der Waals surface area contributed by atoms with E-state index in [0.29, 0.717) is 17.1 Å². The van der Waals surface area contributed by atoms with Crippen LogP contribution in [-0.2, 0) is 19.1 Å². The van der Waals surface area contributed by atoms with Crippen molar-refractivity contribution < 1.29 is 33.3 Å². The lowest BCUT2D eigenvalue weighted by molar-refractivity contribution is -0.142. The molecule has 29 heavy (non-hydrogen) atoms. The van der Waals surface area contributed by atoms with E-state index < -0.39 is 24.5 Å². The average molecular weight is 399 g/mol. The summed E-state index contributed by atoms with van der Waals surface area (Å²) in [7, 11) is 4.28. The number of carbonyl (C=O) groups is 3. The Kier molecular flexibility index (Phi) is 7.78. The number of anilines is 1. The molecule has 1 N–H and O–H groups in total. The first-order valence-corrected chi connectivity index (χ1v) is 8.52. The van der Waals surface area contributed by atoms with E-state index in [1.165, 1.54) is 39.5 Å². The van der Waals surface area contributed by atoms with E-state index in [1.54, 1.807) is 36.4 Å². The molecule has 0 aliphatic carbocycles. The van der Waals surface area contributed by atoms with Gasteiger partial charge in [-0.05, 0) is 35.9 Å². The summed E-state index contributed by atoms with van der Waals surface area (Å²) in [6.45, 7) is -0.509. The molecule has 0 aliphatic heterocycles. The van der Waals surface area contributed by atoms with Crippen LogP contribution in [0.4, 0.5) is 5.69 Å². The summed E-state index contributed by atoms with van der Waals surface area (Å²) in [5.74, 6) is -0.788. The van der Waals surface area contributed by atoms with Crippen LogP contribution < -0.4 is 14.8 Å². The zero-order valence-corrected chi connectivity index (χ0v) is 16.3. The molecule has 0 bridgehead atoms. The highest BCUT2D eigenvalue weighted by atomic mass is 16.5. The molecule has 0 radical (unpaired) electrons. The Labute approximate surface area is 168 Å². The van der Waals surface area contributed by atoms with Gasteiger partial charge in [0.2, 0.25) is 0 Å². The quantitative estimate of drug-likeness (QED) is 0.538. The van der Waals surface area contributed by atoms with Crippen molar-refractivity contribution >= 4 is 29.6 Å². The molecule has 8 heteroatoms. The second kappa shape index (κ2) is 10.5. The third-order valence-corrected chi connectivity index (χ3v) is 3.77. The third kappa shape index (κ3) is 6.10. The molecule has 0 saturated heterocycles. The number of nitrogens with one attached hydrogen (secondary N) is 1. The number of hydrogen-bond donors (Lipinski definition) is 1. The van der Waals surface area contributed by atoms with Gasteiger partial charge in [-0.1, -0.05) is 18.2 Å². The predicted molar refractivity (Wildman–Crippen MR) is 106 cm³/mol. The lowest BCUT2D eigenvalue weighted by Crippen LogP contribution is -2.21. The van der Waals surface area contributed by atoms with Crippen molar-refractivity contribution in [3.63, 3.8) is 0 Å². The zero-order valence-electron chi connectivity index (χ0n) is 16.3. The van der Waals surface area contributed by atoms with E-state index >= 15 is 0 Å². The number of ether oxygens (including phenoxy) is 4. The van der Waals surface area contributed by atoms with Crippen LogP contribution in [0, 0.1) is 0 Å². The number of benzene rings is 2. The van der Waals surface area contributed by atoms with Crippen LogP contribution in [0.15, 0.2) is 48.5 Å². The van der Waals surface area contributed by atoms with Gasteiger partial charge in [-0.3, -0.25) is 4.79 Å². The van der Waals surface area contributed by atoms with E-state index in [2.05, 4.69) is 10.1 Å². The fraction of sp³-hybridized carbons (Fsp3) is 0.190. The summed E-state index contributed by atoms with van der Waals surface area (Å²) in [4.78, 5) is 35.6. The Morgan fingerprint density at radius 1 is 0.966 bits per heavy atom. The van der Waals surface area contributed by atoms with Gasteiger partial charge in [0.1, 0.15) is 0 Å². The predicted octanol–water partition coefficient (Wildman–Crippen LogP) is 2.69. The summed E-state index contributed by atoms with van der Waals surface area (Å²) in [6.07, 6.45) is 2.71. The van der Waals surface area contributed by atoms with Crippen molar-refractivity contribution in [2.24, 2.45) is 0 Å². The fourth-order valence-electron chi connectivity index (χ4n) is 2.37. The maximum Gasteiger partial charge on any atom is 0.339 e. The first-order chi connectivity index (χ1) is 14.0. The lowest BCUT2D eigenvalue weighted by atomic mass is 10.2. The van der Waals surface area contributed by atoms with Crippen molar-refractivity contribution in [1.29, 1.82) is 0 Å². The van der Waals surface area contributed by atoms with Crippen molar-refractivity contribution in [1.82, 2.24) is 0 Å². The third-order valence-electron chi connectivity index (χ3n) is 3.77. The van der Waals surface area contributed by atoms with E-state index in [4.69, 9.17) is 14.2 Å². The molecule has 0 atom stereocenters. The molecule has 2 aromatic carbocycles. The molecule has 0 spiro atoms. The number of rotatable bonds is 8. The van der Waals surface area contributed by atoms with Gasteiger partial charge in [-0.25, -0.2) is 9.59 Å². The normalized spacial score (nSPS) is 10.3. The summed E-state index contributed by atoms with van der Waals surface area (Å²) >= 11 is 0. The van der Waals surface area contributed by atoms with E-state index in [9.17, 15) is 14.4 Å². The Hall–Kier alpha value is -3.81. The summed E-state index contributed by atoms with van der Waals surface area (Å²) in [5.41, 5.74) is 1.15. The minimum atomic E-state index is -0.698. The van der Waals surface area contributed by atoms with Crippen molar-refractivity contribution in [2.45, 2.75) is 0 Å². The highest BCUT2D eigenvalue weighted by molar-refractivity contribution is 6.02. The highest BCUT2D eigenvalue weighted by Crippen LogP contribution is 2.27. The standard InChI is InChI=1S/C21H21NO7/c1-26-17-10-8-14(12-18(17)27-2)9-11-20(24)29-13-19(23)22-16-7-5-4-6-15(16)21(25)28-3/h4-12H,13H2,1-3H3,(H,22,23). The molecule has 0 saturated carbocycles. The largest absolute Gasteiger partial charge is 0.493 e. The lowest BCUT2D eigenvalue weighted by Gasteiger charge is -2.09. The van der Waals surface area contributed by atoms with Gasteiger partial charge in [0.25, 0.3) is 5.91 Å². The van der Waals surface area contributed by atoms with E-state index in [0.717, 1.165) is 0 Å². The summed E-state index contributed by atoms with van der Waals surface area (Å²) in [6, 6.07) is 11.5. The van der Waals surface area contributed by atoms with E-state index in [1.807, 2.05) is 0 Å². The fourth-order valence-corrected chi connectivity index (χ4v) is 2.37. The van der Waals surface area contributed by atoms with Crippen LogP contribution in [0.1, 0.15) is 15.9 Å². The van der Waals surface area contributed by atoms with Gasteiger partial charge in [-0.15, -0.1) is 0 Å². The molecule has 0 fully saturated rings. The second-order valence-electron chi connectivity index (χ2n) is 5.64. The highest BCUT2D eigenvalue weighted by Gasteiger charge is 2.14. The van der Waals surface area contributed by atoms with Crippen molar-refractivity contribution in [2.75, 3.05) is 33.3 Å². The number of methoxy groups -OCH3 is 3. The van der Waals surface area contributed by atoms with Crippen LogP contribution >= 0.6 is 0 Å². The van der Waals surface area contributed by atoms with Gasteiger partial charge >= 0.3 is 11.9 Å². The summed E-state index contributed by atoms with van der Waals surface area (Å²) in [5, 5.41) is 2.51. The van der Waals surface area contributed by atoms with Crippen molar-refractivity contribution in [3.05, 3.63) is 59.7 Å². The van der Waals surface area contributed by atoms with Crippen LogP contribution in [-0.4, -0.2) is 45.8 Å². The second-order valence-corrected chi connectivity index (χ2v) is 5.64. The minimum absolute atomic E-state index is 0.197. The number of para-hydroxylation sites is 1. The van der Waals surface area contributed by atoms with Crippen LogP contribution in [0.5, 0.6) is 11.5 Å². The molecule has 0 aromatic heterocycles. The van der Waals surface area contributed by atoms with Crippen LogP contribution in [0.2, 0.25) is 0 Å². The Bertz CT molecular complexity index is 921. The average Bonchev–Trinajstić information content (AvgIpc) is 2.75. The molecule has 0 heterocycles.